The standard InChI is InChI=1S/C13H24N3O3/c1-4-16(5-2,6-3)9-7-13(17)18-10-8-12-14-11-15-19-12/h11H,4-10H2,1-3H3/q+1. The van der Waals surface area contributed by atoms with E-state index in [1.54, 1.807) is 0 Å². The summed E-state index contributed by atoms with van der Waals surface area (Å²) < 4.78 is 11.0. The Morgan fingerprint density at radius 3 is 2.53 bits per heavy atom. The Labute approximate surface area is 114 Å². The first kappa shape index (κ1) is 15.6. The highest BCUT2D eigenvalue weighted by atomic mass is 16.5. The number of quaternary nitrogens is 1. The fourth-order valence-electron chi connectivity index (χ4n) is 2.10. The highest BCUT2D eigenvalue weighted by Crippen LogP contribution is 2.07. The lowest BCUT2D eigenvalue weighted by Crippen LogP contribution is -2.48. The van der Waals surface area contributed by atoms with Gasteiger partial charge in [0.15, 0.2) is 6.33 Å². The van der Waals surface area contributed by atoms with Crippen LogP contribution in [-0.2, 0) is 16.0 Å². The summed E-state index contributed by atoms with van der Waals surface area (Å²) in [5.74, 6) is 0.339. The molecule has 0 aliphatic carbocycles. The van der Waals surface area contributed by atoms with E-state index in [0.29, 0.717) is 25.3 Å². The number of nitrogens with zero attached hydrogens (tertiary/aromatic N) is 3. The molecule has 6 nitrogen and oxygen atoms in total. The van der Waals surface area contributed by atoms with E-state index in [-0.39, 0.29) is 5.97 Å². The molecule has 0 bridgehead atoms. The molecule has 0 aromatic carbocycles. The van der Waals surface area contributed by atoms with E-state index >= 15 is 0 Å². The minimum absolute atomic E-state index is 0.155. The van der Waals surface area contributed by atoms with Crippen molar-refractivity contribution in [2.24, 2.45) is 0 Å². The molecule has 1 aromatic rings. The molecule has 0 radical (unpaired) electrons. The number of aromatic nitrogens is 2. The fraction of sp³-hybridized carbons (Fsp3) is 0.769. The Kier molecular flexibility index (Phi) is 6.49. The molecule has 1 aromatic heterocycles. The summed E-state index contributed by atoms with van der Waals surface area (Å²) in [6.45, 7) is 10.7. The molecule has 1 rings (SSSR count). The summed E-state index contributed by atoms with van der Waals surface area (Å²) in [6.07, 6.45) is 2.27. The van der Waals surface area contributed by atoms with Gasteiger partial charge in [0, 0.05) is 0 Å². The Bertz CT molecular complexity index is 353. The van der Waals surface area contributed by atoms with E-state index in [2.05, 4.69) is 30.9 Å². The lowest BCUT2D eigenvalue weighted by Gasteiger charge is -2.35. The molecule has 1 heterocycles. The van der Waals surface area contributed by atoms with Crippen LogP contribution in [-0.4, -0.2) is 53.4 Å². The van der Waals surface area contributed by atoms with Crippen LogP contribution < -0.4 is 0 Å². The van der Waals surface area contributed by atoms with E-state index in [9.17, 15) is 4.79 Å². The van der Waals surface area contributed by atoms with Crippen LogP contribution in [0.3, 0.4) is 0 Å². The van der Waals surface area contributed by atoms with Gasteiger partial charge in [-0.25, -0.2) is 0 Å². The summed E-state index contributed by atoms with van der Waals surface area (Å²) in [5, 5.41) is 3.49. The molecule has 0 fully saturated rings. The molecule has 0 saturated heterocycles. The molecule has 108 valence electrons. The SMILES string of the molecule is CC[N+](CC)(CC)CCC(=O)OCCc1ncno1. The van der Waals surface area contributed by atoms with Gasteiger partial charge in [-0.15, -0.1) is 0 Å². The summed E-state index contributed by atoms with van der Waals surface area (Å²) in [6, 6.07) is 0. The van der Waals surface area contributed by atoms with Crippen molar-refractivity contribution in [3.8, 4) is 0 Å². The number of hydrogen-bond acceptors (Lipinski definition) is 5. The van der Waals surface area contributed by atoms with E-state index in [1.807, 2.05) is 0 Å². The van der Waals surface area contributed by atoms with Gasteiger partial charge in [-0.1, -0.05) is 5.16 Å². The van der Waals surface area contributed by atoms with Crippen LogP contribution in [0.4, 0.5) is 0 Å². The van der Waals surface area contributed by atoms with Gasteiger partial charge in [0.1, 0.15) is 6.61 Å². The van der Waals surface area contributed by atoms with E-state index in [1.165, 1.54) is 6.33 Å². The molecule has 0 spiro atoms. The molecule has 0 aliphatic rings. The first-order valence-corrected chi connectivity index (χ1v) is 6.92. The van der Waals surface area contributed by atoms with E-state index in [4.69, 9.17) is 9.26 Å². The molecule has 0 unspecified atom stereocenters. The third-order valence-corrected chi connectivity index (χ3v) is 3.79. The molecule has 0 aliphatic heterocycles. The third-order valence-electron chi connectivity index (χ3n) is 3.79. The highest BCUT2D eigenvalue weighted by Gasteiger charge is 2.22. The van der Waals surface area contributed by atoms with Crippen LogP contribution >= 0.6 is 0 Å². The molecule has 0 saturated carbocycles. The maximum Gasteiger partial charge on any atom is 0.311 e. The Morgan fingerprint density at radius 2 is 2.00 bits per heavy atom. The normalized spacial score (nSPS) is 11.5. The molecule has 6 heteroatoms. The maximum absolute atomic E-state index is 11.7. The third kappa shape index (κ3) is 4.98. The summed E-state index contributed by atoms with van der Waals surface area (Å²) in [4.78, 5) is 15.5. The zero-order valence-corrected chi connectivity index (χ0v) is 12.1. The minimum atomic E-state index is -0.155. The smallest absolute Gasteiger partial charge is 0.311 e. The number of rotatable bonds is 9. The lowest BCUT2D eigenvalue weighted by atomic mass is 10.3. The molecule has 0 amide bonds. The second-order valence-corrected chi connectivity index (χ2v) is 4.57. The van der Waals surface area contributed by atoms with Crippen LogP contribution in [0.5, 0.6) is 0 Å². The fourth-order valence-corrected chi connectivity index (χ4v) is 2.10. The van der Waals surface area contributed by atoms with Gasteiger partial charge in [0.05, 0.1) is 39.0 Å². The van der Waals surface area contributed by atoms with Gasteiger partial charge >= 0.3 is 5.97 Å². The van der Waals surface area contributed by atoms with Crippen LogP contribution in [0.2, 0.25) is 0 Å². The number of hydrogen-bond donors (Lipinski definition) is 0. The van der Waals surface area contributed by atoms with Crippen LogP contribution in [0.25, 0.3) is 0 Å². The lowest BCUT2D eigenvalue weighted by molar-refractivity contribution is -0.922. The maximum atomic E-state index is 11.7. The van der Waals surface area contributed by atoms with E-state index in [0.717, 1.165) is 30.7 Å². The van der Waals surface area contributed by atoms with Gasteiger partial charge in [0.2, 0.25) is 5.89 Å². The second-order valence-electron chi connectivity index (χ2n) is 4.57. The largest absolute Gasteiger partial charge is 0.465 e. The molecule has 0 N–H and O–H groups in total. The monoisotopic (exact) mass is 270 g/mol. The second kappa shape index (κ2) is 7.89. The van der Waals surface area contributed by atoms with Gasteiger partial charge in [0.25, 0.3) is 0 Å². The summed E-state index contributed by atoms with van der Waals surface area (Å²) in [7, 11) is 0. The molecule has 19 heavy (non-hydrogen) atoms. The number of carbonyl (C=O) groups is 1. The zero-order valence-electron chi connectivity index (χ0n) is 12.1. The predicted octanol–water partition coefficient (Wildman–Crippen LogP) is 1.42. The number of ether oxygens (including phenoxy) is 1. The van der Waals surface area contributed by atoms with E-state index < -0.39 is 0 Å². The summed E-state index contributed by atoms with van der Waals surface area (Å²) in [5.41, 5.74) is 0. The Morgan fingerprint density at radius 1 is 1.32 bits per heavy atom. The van der Waals surface area contributed by atoms with Gasteiger partial charge in [-0.05, 0) is 20.8 Å². The van der Waals surface area contributed by atoms with Crippen molar-refractivity contribution in [2.75, 3.05) is 32.8 Å². The van der Waals surface area contributed by atoms with Gasteiger partial charge in [-0.3, -0.25) is 4.79 Å². The van der Waals surface area contributed by atoms with Crippen LogP contribution in [0.1, 0.15) is 33.1 Å². The molecule has 0 atom stereocenters. The topological polar surface area (TPSA) is 65.2 Å². The van der Waals surface area contributed by atoms with Crippen molar-refractivity contribution < 1.29 is 18.5 Å². The molecular formula is C13H24N3O3+. The zero-order chi connectivity index (χ0) is 14.1. The Hall–Kier alpha value is -1.43. The van der Waals surface area contributed by atoms with Gasteiger partial charge in [-0.2, -0.15) is 4.98 Å². The molecular weight excluding hydrogens is 246 g/mol. The number of carbonyl (C=O) groups excluding carboxylic acids is 1. The summed E-state index contributed by atoms with van der Waals surface area (Å²) >= 11 is 0. The minimum Gasteiger partial charge on any atom is -0.465 e. The average molecular weight is 270 g/mol. The number of esters is 1. The van der Waals surface area contributed by atoms with Crippen LogP contribution in [0, 0.1) is 0 Å². The highest BCUT2D eigenvalue weighted by molar-refractivity contribution is 5.69. The van der Waals surface area contributed by atoms with Crippen molar-refractivity contribution in [3.63, 3.8) is 0 Å². The van der Waals surface area contributed by atoms with Crippen molar-refractivity contribution >= 4 is 5.97 Å². The van der Waals surface area contributed by atoms with Crippen LogP contribution in [0.15, 0.2) is 10.9 Å². The van der Waals surface area contributed by atoms with Crippen molar-refractivity contribution in [2.45, 2.75) is 33.6 Å². The average Bonchev–Trinajstić information content (AvgIpc) is 2.94. The van der Waals surface area contributed by atoms with Gasteiger partial charge < -0.3 is 13.7 Å². The quantitative estimate of drug-likeness (QED) is 0.501. The predicted molar refractivity (Wildman–Crippen MR) is 70.3 cm³/mol. The van der Waals surface area contributed by atoms with Crippen molar-refractivity contribution in [1.29, 1.82) is 0 Å². The van der Waals surface area contributed by atoms with Crippen molar-refractivity contribution in [1.82, 2.24) is 10.1 Å². The first-order chi connectivity index (χ1) is 9.15. The first-order valence-electron chi connectivity index (χ1n) is 6.92. The van der Waals surface area contributed by atoms with Crippen molar-refractivity contribution in [3.05, 3.63) is 12.2 Å². The Balaban J connectivity index is 2.23.